The van der Waals surface area contributed by atoms with Crippen molar-refractivity contribution in [3.05, 3.63) is 76.8 Å². The number of carbonyl (C=O) groups excluding carboxylic acids is 1. The van der Waals surface area contributed by atoms with Crippen molar-refractivity contribution in [2.75, 3.05) is 24.1 Å². The van der Waals surface area contributed by atoms with Gasteiger partial charge in [0.05, 0.1) is 18.2 Å². The van der Waals surface area contributed by atoms with Crippen molar-refractivity contribution < 1.29 is 9.90 Å². The molecule has 1 heterocycles. The van der Waals surface area contributed by atoms with Crippen LogP contribution in [0.1, 0.15) is 22.9 Å². The SMILES string of the molecule is Cl.Cl.Nc1nc(CC(=O)Nc2ccccc2CCNC[C@H](O)c2ccccc2)cs1. The number of aliphatic hydroxyl groups is 1. The molecule has 3 rings (SSSR count). The standard InChI is InChI=1S/C21H24N4O2S.2ClH/c22-21-24-17(14-28-21)12-20(27)25-18-9-5-4-6-15(18)10-11-23-13-19(26)16-7-2-1-3-8-16;;/h1-9,14,19,23,26H,10-13H2,(H2,22,24)(H,25,27);2*1H/t19-;;/m0../s1. The van der Waals surface area contributed by atoms with E-state index in [9.17, 15) is 9.90 Å². The van der Waals surface area contributed by atoms with Gasteiger partial charge < -0.3 is 21.5 Å². The van der Waals surface area contributed by atoms with Crippen LogP contribution in [0.4, 0.5) is 10.8 Å². The molecule has 1 amide bonds. The Morgan fingerprint density at radius 3 is 2.50 bits per heavy atom. The van der Waals surface area contributed by atoms with Crippen molar-refractivity contribution in [3.63, 3.8) is 0 Å². The third-order valence-corrected chi connectivity index (χ3v) is 5.02. The van der Waals surface area contributed by atoms with Gasteiger partial charge in [-0.05, 0) is 30.2 Å². The number of rotatable bonds is 9. The maximum absolute atomic E-state index is 12.3. The number of nitrogens with zero attached hydrogens (tertiary/aromatic N) is 1. The van der Waals surface area contributed by atoms with Crippen molar-refractivity contribution in [1.29, 1.82) is 0 Å². The maximum Gasteiger partial charge on any atom is 0.230 e. The summed E-state index contributed by atoms with van der Waals surface area (Å²) in [6, 6.07) is 17.3. The molecule has 1 atom stereocenters. The molecule has 2 aromatic carbocycles. The van der Waals surface area contributed by atoms with Crippen LogP contribution in [-0.4, -0.2) is 29.1 Å². The molecule has 0 saturated heterocycles. The lowest BCUT2D eigenvalue weighted by Crippen LogP contribution is -2.24. The molecular formula is C21H26Cl2N4O2S. The molecule has 0 aliphatic rings. The van der Waals surface area contributed by atoms with E-state index in [1.165, 1.54) is 11.3 Å². The molecule has 9 heteroatoms. The molecule has 30 heavy (non-hydrogen) atoms. The molecule has 0 aliphatic heterocycles. The molecule has 0 fully saturated rings. The smallest absolute Gasteiger partial charge is 0.230 e. The number of anilines is 2. The Bertz CT molecular complexity index is 909. The number of aliphatic hydroxyl groups excluding tert-OH is 1. The lowest BCUT2D eigenvalue weighted by atomic mass is 10.1. The summed E-state index contributed by atoms with van der Waals surface area (Å²) in [4.78, 5) is 16.4. The first-order chi connectivity index (χ1) is 13.6. The van der Waals surface area contributed by atoms with Crippen LogP contribution in [0, 0.1) is 0 Å². The van der Waals surface area contributed by atoms with E-state index >= 15 is 0 Å². The van der Waals surface area contributed by atoms with Crippen molar-refractivity contribution in [3.8, 4) is 0 Å². The Hall–Kier alpha value is -2.16. The molecule has 162 valence electrons. The third-order valence-electron chi connectivity index (χ3n) is 4.30. The molecule has 0 spiro atoms. The Morgan fingerprint density at radius 2 is 1.80 bits per heavy atom. The number of para-hydroxylation sites is 1. The molecule has 5 N–H and O–H groups in total. The Balaban J connectivity index is 0.00000225. The maximum atomic E-state index is 12.3. The Labute approximate surface area is 192 Å². The Morgan fingerprint density at radius 1 is 1.10 bits per heavy atom. The normalized spacial score (nSPS) is 11.1. The van der Waals surface area contributed by atoms with Crippen LogP contribution in [0.25, 0.3) is 0 Å². The van der Waals surface area contributed by atoms with E-state index in [4.69, 9.17) is 5.73 Å². The van der Waals surface area contributed by atoms with Crippen molar-refractivity contribution in [1.82, 2.24) is 10.3 Å². The highest BCUT2D eigenvalue weighted by molar-refractivity contribution is 7.13. The van der Waals surface area contributed by atoms with Gasteiger partial charge in [-0.3, -0.25) is 4.79 Å². The largest absolute Gasteiger partial charge is 0.387 e. The van der Waals surface area contributed by atoms with E-state index in [0.29, 0.717) is 23.9 Å². The summed E-state index contributed by atoms with van der Waals surface area (Å²) in [5.74, 6) is -0.120. The zero-order valence-electron chi connectivity index (χ0n) is 16.3. The van der Waals surface area contributed by atoms with Crippen LogP contribution in [0.2, 0.25) is 0 Å². The summed E-state index contributed by atoms with van der Waals surface area (Å²) in [6.45, 7) is 1.17. The van der Waals surface area contributed by atoms with Gasteiger partial charge in [-0.1, -0.05) is 48.5 Å². The van der Waals surface area contributed by atoms with E-state index < -0.39 is 6.10 Å². The number of benzene rings is 2. The molecule has 0 saturated carbocycles. The van der Waals surface area contributed by atoms with E-state index in [1.54, 1.807) is 5.38 Å². The average molecular weight is 469 g/mol. The second-order valence-corrected chi connectivity index (χ2v) is 7.33. The molecule has 0 aliphatic carbocycles. The number of hydrogen-bond donors (Lipinski definition) is 4. The molecule has 1 aromatic heterocycles. The van der Waals surface area contributed by atoms with Gasteiger partial charge in [-0.2, -0.15) is 0 Å². The van der Waals surface area contributed by atoms with E-state index in [0.717, 1.165) is 23.2 Å². The summed E-state index contributed by atoms with van der Waals surface area (Å²) >= 11 is 1.33. The zero-order chi connectivity index (χ0) is 19.8. The zero-order valence-corrected chi connectivity index (χ0v) is 18.7. The van der Waals surface area contributed by atoms with Gasteiger partial charge in [0, 0.05) is 17.6 Å². The van der Waals surface area contributed by atoms with Crippen LogP contribution in [0.5, 0.6) is 0 Å². The van der Waals surface area contributed by atoms with Crippen LogP contribution < -0.4 is 16.4 Å². The minimum Gasteiger partial charge on any atom is -0.387 e. The van der Waals surface area contributed by atoms with Crippen LogP contribution >= 0.6 is 36.2 Å². The number of hydrogen-bond acceptors (Lipinski definition) is 6. The van der Waals surface area contributed by atoms with Crippen LogP contribution in [-0.2, 0) is 17.6 Å². The quantitative estimate of drug-likeness (QED) is 0.359. The van der Waals surface area contributed by atoms with Gasteiger partial charge >= 0.3 is 0 Å². The summed E-state index contributed by atoms with van der Waals surface area (Å²) < 4.78 is 0. The fourth-order valence-electron chi connectivity index (χ4n) is 2.88. The monoisotopic (exact) mass is 468 g/mol. The van der Waals surface area contributed by atoms with Gasteiger partial charge in [0.25, 0.3) is 0 Å². The summed E-state index contributed by atoms with van der Waals surface area (Å²) in [6.07, 6.45) is 0.396. The number of aromatic nitrogens is 1. The van der Waals surface area contributed by atoms with E-state index in [2.05, 4.69) is 15.6 Å². The van der Waals surface area contributed by atoms with Crippen molar-refractivity contribution in [2.45, 2.75) is 18.9 Å². The average Bonchev–Trinajstić information content (AvgIpc) is 3.11. The Kier molecular flexibility index (Phi) is 11.4. The van der Waals surface area contributed by atoms with Gasteiger partial charge in [0.2, 0.25) is 5.91 Å². The lowest BCUT2D eigenvalue weighted by molar-refractivity contribution is -0.115. The summed E-state index contributed by atoms with van der Waals surface area (Å²) in [7, 11) is 0. The van der Waals surface area contributed by atoms with Gasteiger partial charge in [0.1, 0.15) is 0 Å². The molecule has 3 aromatic rings. The predicted molar refractivity (Wildman–Crippen MR) is 128 cm³/mol. The highest BCUT2D eigenvalue weighted by Crippen LogP contribution is 2.17. The first-order valence-corrected chi connectivity index (χ1v) is 10.0. The number of nitrogens with two attached hydrogens (primary N) is 1. The highest BCUT2D eigenvalue weighted by atomic mass is 35.5. The topological polar surface area (TPSA) is 100 Å². The lowest BCUT2D eigenvalue weighted by Gasteiger charge is -2.14. The molecule has 0 bridgehead atoms. The number of amides is 1. The molecule has 0 radical (unpaired) electrons. The van der Waals surface area contributed by atoms with Gasteiger partial charge in [-0.15, -0.1) is 36.2 Å². The number of thiazole rings is 1. The predicted octanol–water partition coefficient (Wildman–Crippen LogP) is 3.62. The molecule has 6 nitrogen and oxygen atoms in total. The van der Waals surface area contributed by atoms with Crippen LogP contribution in [0.3, 0.4) is 0 Å². The van der Waals surface area contributed by atoms with Crippen LogP contribution in [0.15, 0.2) is 60.0 Å². The first-order valence-electron chi connectivity index (χ1n) is 9.13. The number of nitrogens with one attached hydrogen (secondary N) is 2. The first kappa shape index (κ1) is 25.9. The number of carbonyl (C=O) groups is 1. The summed E-state index contributed by atoms with van der Waals surface area (Å²) in [5.41, 5.74) is 9.01. The molecular weight excluding hydrogens is 443 g/mol. The van der Waals surface area contributed by atoms with Crippen molar-refractivity contribution >= 4 is 52.9 Å². The van der Waals surface area contributed by atoms with Gasteiger partial charge in [0.15, 0.2) is 5.13 Å². The molecule has 0 unspecified atom stereocenters. The van der Waals surface area contributed by atoms with E-state index in [-0.39, 0.29) is 37.1 Å². The fourth-order valence-corrected chi connectivity index (χ4v) is 3.44. The second kappa shape index (κ2) is 13.2. The van der Waals surface area contributed by atoms with Crippen molar-refractivity contribution in [2.24, 2.45) is 0 Å². The summed E-state index contributed by atoms with van der Waals surface area (Å²) in [5, 5.41) is 18.7. The number of nitrogen functional groups attached to an aromatic ring is 1. The highest BCUT2D eigenvalue weighted by Gasteiger charge is 2.10. The minimum atomic E-state index is -0.540. The number of halogens is 2. The van der Waals surface area contributed by atoms with Gasteiger partial charge in [-0.25, -0.2) is 4.98 Å². The third kappa shape index (κ3) is 7.93. The van der Waals surface area contributed by atoms with E-state index in [1.807, 2.05) is 54.6 Å². The minimum absolute atomic E-state index is 0. The fraction of sp³-hybridized carbons (Fsp3) is 0.238. The second-order valence-electron chi connectivity index (χ2n) is 6.44.